The Morgan fingerprint density at radius 2 is 2.00 bits per heavy atom. The molecule has 0 saturated heterocycles. The molecule has 0 atom stereocenters. The predicted molar refractivity (Wildman–Crippen MR) is 117 cm³/mol. The number of thiophene rings is 1. The molecule has 29 heavy (non-hydrogen) atoms. The zero-order chi connectivity index (χ0) is 20.5. The Kier molecular flexibility index (Phi) is 5.25. The molecule has 1 amide bonds. The molecule has 4 aromatic rings. The van der Waals surface area contributed by atoms with E-state index in [4.69, 9.17) is 0 Å². The van der Waals surface area contributed by atoms with Crippen LogP contribution in [0.25, 0.3) is 16.1 Å². The predicted octanol–water partition coefficient (Wildman–Crippen LogP) is 3.80. The van der Waals surface area contributed by atoms with Gasteiger partial charge in [0.05, 0.1) is 10.6 Å². The SMILES string of the molecule is Cc1cc(C)c(NC(=O)CSc2n[nH]c(=O)c3cc(-c4cccs4)nn23)c(C)c1. The second-order valence-electron chi connectivity index (χ2n) is 6.75. The van der Waals surface area contributed by atoms with Crippen molar-refractivity contribution in [2.24, 2.45) is 0 Å². The third kappa shape index (κ3) is 3.96. The van der Waals surface area contributed by atoms with E-state index in [1.54, 1.807) is 17.4 Å². The number of carbonyl (C=O) groups is 1. The van der Waals surface area contributed by atoms with Crippen LogP contribution in [0.2, 0.25) is 0 Å². The first-order valence-electron chi connectivity index (χ1n) is 8.95. The van der Waals surface area contributed by atoms with E-state index < -0.39 is 0 Å². The second kappa shape index (κ2) is 7.84. The van der Waals surface area contributed by atoms with E-state index >= 15 is 0 Å². The number of nitrogens with one attached hydrogen (secondary N) is 2. The highest BCUT2D eigenvalue weighted by atomic mass is 32.2. The van der Waals surface area contributed by atoms with Gasteiger partial charge in [0.15, 0.2) is 0 Å². The Labute approximate surface area is 175 Å². The molecule has 0 spiro atoms. The number of carbonyl (C=O) groups excluding carboxylic acids is 1. The number of H-pyrrole nitrogens is 1. The minimum atomic E-state index is -0.319. The number of hydrogen-bond acceptors (Lipinski definition) is 6. The number of nitrogens with zero attached hydrogens (tertiary/aromatic N) is 3. The highest BCUT2D eigenvalue weighted by Gasteiger charge is 2.15. The zero-order valence-corrected chi connectivity index (χ0v) is 17.8. The fourth-order valence-electron chi connectivity index (χ4n) is 3.21. The molecule has 0 aliphatic carbocycles. The summed E-state index contributed by atoms with van der Waals surface area (Å²) in [6.07, 6.45) is 0. The van der Waals surface area contributed by atoms with E-state index in [2.05, 4.69) is 20.6 Å². The van der Waals surface area contributed by atoms with E-state index in [9.17, 15) is 9.59 Å². The van der Waals surface area contributed by atoms with Gasteiger partial charge < -0.3 is 5.32 Å². The Balaban J connectivity index is 1.55. The molecule has 3 aromatic heterocycles. The molecule has 0 aliphatic rings. The van der Waals surface area contributed by atoms with Crippen molar-refractivity contribution in [1.29, 1.82) is 0 Å². The molecular weight excluding hydrogens is 406 g/mol. The molecule has 9 heteroatoms. The number of rotatable bonds is 5. The lowest BCUT2D eigenvalue weighted by Gasteiger charge is -2.12. The van der Waals surface area contributed by atoms with Crippen molar-refractivity contribution in [2.75, 3.05) is 11.1 Å². The quantitative estimate of drug-likeness (QED) is 0.475. The van der Waals surface area contributed by atoms with Crippen molar-refractivity contribution in [3.8, 4) is 10.6 Å². The topological polar surface area (TPSA) is 92.1 Å². The summed E-state index contributed by atoms with van der Waals surface area (Å²) in [4.78, 5) is 25.6. The Bertz CT molecular complexity index is 1230. The Morgan fingerprint density at radius 3 is 2.69 bits per heavy atom. The maximum absolute atomic E-state index is 12.5. The van der Waals surface area contributed by atoms with Gasteiger partial charge in [-0.3, -0.25) is 9.59 Å². The molecule has 3 heterocycles. The van der Waals surface area contributed by atoms with Crippen LogP contribution in [0.4, 0.5) is 5.69 Å². The lowest BCUT2D eigenvalue weighted by molar-refractivity contribution is -0.113. The van der Waals surface area contributed by atoms with Gasteiger partial charge in [0.2, 0.25) is 11.1 Å². The first kappa shape index (κ1) is 19.4. The van der Waals surface area contributed by atoms with Gasteiger partial charge in [-0.15, -0.1) is 16.4 Å². The van der Waals surface area contributed by atoms with E-state index in [0.29, 0.717) is 16.4 Å². The zero-order valence-electron chi connectivity index (χ0n) is 16.1. The third-order valence-corrected chi connectivity index (χ3v) is 6.25. The van der Waals surface area contributed by atoms with Crippen molar-refractivity contribution in [3.63, 3.8) is 0 Å². The van der Waals surface area contributed by atoms with Gasteiger partial charge in [-0.25, -0.2) is 9.61 Å². The van der Waals surface area contributed by atoms with Gasteiger partial charge in [0, 0.05) is 5.69 Å². The maximum Gasteiger partial charge on any atom is 0.290 e. The summed E-state index contributed by atoms with van der Waals surface area (Å²) in [6, 6.07) is 9.69. The van der Waals surface area contributed by atoms with Crippen LogP contribution >= 0.6 is 23.1 Å². The molecule has 0 aliphatic heterocycles. The van der Waals surface area contributed by atoms with Crippen LogP contribution < -0.4 is 10.9 Å². The highest BCUT2D eigenvalue weighted by Crippen LogP contribution is 2.26. The summed E-state index contributed by atoms with van der Waals surface area (Å²) in [7, 11) is 0. The summed E-state index contributed by atoms with van der Waals surface area (Å²) in [5.41, 5.74) is 4.83. The van der Waals surface area contributed by atoms with Gasteiger partial charge in [0.1, 0.15) is 11.2 Å². The number of fused-ring (bicyclic) bond motifs is 1. The fourth-order valence-corrected chi connectivity index (χ4v) is 4.60. The van der Waals surface area contributed by atoms with Crippen LogP contribution in [0.1, 0.15) is 16.7 Å². The van der Waals surface area contributed by atoms with Crippen molar-refractivity contribution >= 4 is 40.2 Å². The molecule has 4 rings (SSSR count). The Hall–Kier alpha value is -2.91. The van der Waals surface area contributed by atoms with E-state index in [1.165, 1.54) is 16.3 Å². The number of hydrogen-bond donors (Lipinski definition) is 2. The summed E-state index contributed by atoms with van der Waals surface area (Å²) in [6.45, 7) is 5.99. The average molecular weight is 426 g/mol. The maximum atomic E-state index is 12.5. The van der Waals surface area contributed by atoms with Crippen LogP contribution in [-0.4, -0.2) is 31.5 Å². The summed E-state index contributed by atoms with van der Waals surface area (Å²) in [5.74, 6) is 0.00610. The largest absolute Gasteiger partial charge is 0.325 e. The van der Waals surface area contributed by atoms with Gasteiger partial charge in [-0.05, 0) is 49.4 Å². The summed E-state index contributed by atoms with van der Waals surface area (Å²) < 4.78 is 1.49. The van der Waals surface area contributed by atoms with E-state index in [1.807, 2.05) is 50.4 Å². The van der Waals surface area contributed by atoms with Crippen LogP contribution in [0, 0.1) is 20.8 Å². The van der Waals surface area contributed by atoms with E-state index in [-0.39, 0.29) is 17.2 Å². The number of aromatic amines is 1. The standard InChI is InChI=1S/C20H19N5O2S2/c1-11-7-12(2)18(13(3)8-11)21-17(26)10-29-20-23-22-19(27)15-9-14(24-25(15)20)16-5-4-6-28-16/h4-9H,10H2,1-3H3,(H,21,26)(H,22,27). The molecule has 148 valence electrons. The first-order chi connectivity index (χ1) is 13.9. The average Bonchev–Trinajstić information content (AvgIpc) is 3.34. The highest BCUT2D eigenvalue weighted by molar-refractivity contribution is 7.99. The monoisotopic (exact) mass is 425 g/mol. The second-order valence-corrected chi connectivity index (χ2v) is 8.64. The van der Waals surface area contributed by atoms with Crippen LogP contribution in [-0.2, 0) is 4.79 Å². The minimum absolute atomic E-state index is 0.142. The molecule has 2 N–H and O–H groups in total. The van der Waals surface area contributed by atoms with Crippen molar-refractivity contribution < 1.29 is 4.79 Å². The lowest BCUT2D eigenvalue weighted by atomic mass is 10.1. The normalized spacial score (nSPS) is 11.1. The van der Waals surface area contributed by atoms with Gasteiger partial charge in [-0.1, -0.05) is 35.5 Å². The molecular formula is C20H19N5O2S2. The number of aryl methyl sites for hydroxylation is 3. The van der Waals surface area contributed by atoms with Gasteiger partial charge >= 0.3 is 0 Å². The molecule has 7 nitrogen and oxygen atoms in total. The first-order valence-corrected chi connectivity index (χ1v) is 10.8. The van der Waals surface area contributed by atoms with E-state index in [0.717, 1.165) is 27.3 Å². The van der Waals surface area contributed by atoms with Crippen molar-refractivity contribution in [2.45, 2.75) is 25.9 Å². The van der Waals surface area contributed by atoms with Crippen molar-refractivity contribution in [3.05, 3.63) is 62.8 Å². The van der Waals surface area contributed by atoms with Crippen LogP contribution in [0.3, 0.4) is 0 Å². The van der Waals surface area contributed by atoms with Gasteiger partial charge in [0.25, 0.3) is 5.56 Å². The van der Waals surface area contributed by atoms with Crippen molar-refractivity contribution in [1.82, 2.24) is 19.8 Å². The molecule has 0 saturated carbocycles. The number of thioether (sulfide) groups is 1. The number of amides is 1. The fraction of sp³-hybridized carbons (Fsp3) is 0.200. The molecule has 0 bridgehead atoms. The smallest absolute Gasteiger partial charge is 0.290 e. The van der Waals surface area contributed by atoms with Crippen LogP contribution in [0.15, 0.2) is 45.7 Å². The molecule has 0 fully saturated rings. The Morgan fingerprint density at radius 1 is 1.24 bits per heavy atom. The summed E-state index contributed by atoms with van der Waals surface area (Å²) in [5, 5.41) is 16.5. The molecule has 0 unspecified atom stereocenters. The summed E-state index contributed by atoms with van der Waals surface area (Å²) >= 11 is 2.77. The minimum Gasteiger partial charge on any atom is -0.325 e. The third-order valence-electron chi connectivity index (χ3n) is 4.42. The molecule has 0 radical (unpaired) electrons. The number of anilines is 1. The lowest BCUT2D eigenvalue weighted by Crippen LogP contribution is -2.18. The van der Waals surface area contributed by atoms with Crippen LogP contribution in [0.5, 0.6) is 0 Å². The van der Waals surface area contributed by atoms with Gasteiger partial charge in [-0.2, -0.15) is 5.10 Å². The molecule has 1 aromatic carbocycles. The number of aromatic nitrogens is 4. The number of benzene rings is 1.